The van der Waals surface area contributed by atoms with Gasteiger partial charge >= 0.3 is 0 Å². The Morgan fingerprint density at radius 2 is 2.31 bits per heavy atom. The summed E-state index contributed by atoms with van der Waals surface area (Å²) in [4.78, 5) is 0. The largest absolute Gasteiger partial charge is 0.310 e. The summed E-state index contributed by atoms with van der Waals surface area (Å²) < 4.78 is 1.88. The molecule has 0 saturated heterocycles. The third-order valence-electron chi connectivity index (χ3n) is 2.64. The summed E-state index contributed by atoms with van der Waals surface area (Å²) >= 11 is 2.01. The Morgan fingerprint density at radius 1 is 1.56 bits per heavy atom. The fraction of sp³-hybridized carbons (Fsp3) is 0.750. The van der Waals surface area contributed by atoms with E-state index in [-0.39, 0.29) is 0 Å². The Morgan fingerprint density at radius 3 is 2.88 bits per heavy atom. The summed E-state index contributed by atoms with van der Waals surface area (Å²) in [7, 11) is 1.97. The normalized spacial score (nSPS) is 13.0. The van der Waals surface area contributed by atoms with Crippen LogP contribution in [-0.2, 0) is 7.05 Å². The molecule has 3 nitrogen and oxygen atoms in total. The van der Waals surface area contributed by atoms with Gasteiger partial charge in [0.25, 0.3) is 0 Å². The van der Waals surface area contributed by atoms with Gasteiger partial charge in [0.15, 0.2) is 0 Å². The average Bonchev–Trinajstić information content (AvgIpc) is 2.57. The third-order valence-corrected chi connectivity index (χ3v) is 3.62. The molecule has 0 aliphatic rings. The van der Waals surface area contributed by atoms with Crippen LogP contribution in [0.4, 0.5) is 0 Å². The first-order chi connectivity index (χ1) is 7.65. The number of aryl methyl sites for hydroxylation is 2. The molecule has 1 aromatic heterocycles. The predicted octanol–water partition coefficient (Wildman–Crippen LogP) is 2.52. The molecule has 1 heterocycles. The van der Waals surface area contributed by atoms with Crippen molar-refractivity contribution in [3.8, 4) is 0 Å². The van der Waals surface area contributed by atoms with Crippen LogP contribution in [0.5, 0.6) is 0 Å². The molecule has 0 radical (unpaired) electrons. The summed E-state index contributed by atoms with van der Waals surface area (Å²) in [6.07, 6.45) is 3.34. The molecule has 16 heavy (non-hydrogen) atoms. The molecule has 0 saturated carbocycles. The molecule has 1 atom stereocenters. The predicted molar refractivity (Wildman–Crippen MR) is 72.0 cm³/mol. The van der Waals surface area contributed by atoms with E-state index in [1.54, 1.807) is 0 Å². The van der Waals surface area contributed by atoms with Gasteiger partial charge in [-0.25, -0.2) is 0 Å². The van der Waals surface area contributed by atoms with E-state index in [0.29, 0.717) is 6.04 Å². The number of thioether (sulfide) groups is 1. The molecule has 1 N–H and O–H groups in total. The Hall–Kier alpha value is -0.480. The van der Waals surface area contributed by atoms with E-state index in [2.05, 4.69) is 37.4 Å². The molecule has 0 aliphatic carbocycles. The summed E-state index contributed by atoms with van der Waals surface area (Å²) in [5.74, 6) is 2.47. The first-order valence-electron chi connectivity index (χ1n) is 5.96. The lowest BCUT2D eigenvalue weighted by atomic mass is 10.1. The zero-order valence-corrected chi connectivity index (χ0v) is 11.6. The van der Waals surface area contributed by atoms with Gasteiger partial charge in [-0.15, -0.1) is 0 Å². The van der Waals surface area contributed by atoms with Gasteiger partial charge in [0.05, 0.1) is 5.69 Å². The van der Waals surface area contributed by atoms with E-state index in [1.165, 1.54) is 23.5 Å². The zero-order chi connectivity index (χ0) is 12.0. The van der Waals surface area contributed by atoms with Gasteiger partial charge < -0.3 is 5.32 Å². The molecular formula is C12H23N3S. The maximum absolute atomic E-state index is 4.36. The van der Waals surface area contributed by atoms with E-state index < -0.39 is 0 Å². The second-order valence-electron chi connectivity index (χ2n) is 4.07. The highest BCUT2D eigenvalue weighted by atomic mass is 32.2. The standard InChI is InChI=1S/C12H23N3S/c1-5-16-8-6-7-13-10(2)12-9-15(4)14-11(12)3/h9-10,13H,5-8H2,1-4H3. The number of aromatic nitrogens is 2. The van der Waals surface area contributed by atoms with E-state index in [0.717, 1.165) is 12.2 Å². The molecular weight excluding hydrogens is 218 g/mol. The highest BCUT2D eigenvalue weighted by Gasteiger charge is 2.10. The summed E-state index contributed by atoms with van der Waals surface area (Å²) in [5, 5.41) is 7.91. The second-order valence-corrected chi connectivity index (χ2v) is 5.46. The van der Waals surface area contributed by atoms with Crippen LogP contribution in [0, 0.1) is 6.92 Å². The van der Waals surface area contributed by atoms with Crippen molar-refractivity contribution < 1.29 is 0 Å². The molecule has 1 rings (SSSR count). The van der Waals surface area contributed by atoms with Crippen molar-refractivity contribution in [2.75, 3.05) is 18.1 Å². The lowest BCUT2D eigenvalue weighted by Gasteiger charge is -2.12. The van der Waals surface area contributed by atoms with Crippen molar-refractivity contribution in [3.05, 3.63) is 17.5 Å². The fourth-order valence-electron chi connectivity index (χ4n) is 1.79. The van der Waals surface area contributed by atoms with Crippen LogP contribution in [-0.4, -0.2) is 27.8 Å². The Bertz CT molecular complexity index is 309. The Labute approximate surface area is 103 Å². The number of rotatable bonds is 7. The van der Waals surface area contributed by atoms with Crippen LogP contribution in [0.1, 0.15) is 37.6 Å². The molecule has 0 amide bonds. The molecule has 0 aromatic carbocycles. The maximum Gasteiger partial charge on any atom is 0.0641 e. The number of hydrogen-bond acceptors (Lipinski definition) is 3. The summed E-state index contributed by atoms with van der Waals surface area (Å²) in [6, 6.07) is 0.403. The maximum atomic E-state index is 4.36. The van der Waals surface area contributed by atoms with E-state index in [4.69, 9.17) is 0 Å². The molecule has 92 valence electrons. The molecule has 0 aliphatic heterocycles. The highest BCUT2D eigenvalue weighted by molar-refractivity contribution is 7.99. The SMILES string of the molecule is CCSCCCNC(C)c1cn(C)nc1C. The minimum Gasteiger partial charge on any atom is -0.310 e. The van der Waals surface area contributed by atoms with Gasteiger partial charge in [0, 0.05) is 24.8 Å². The van der Waals surface area contributed by atoms with Gasteiger partial charge in [-0.2, -0.15) is 16.9 Å². The van der Waals surface area contributed by atoms with Crippen LogP contribution >= 0.6 is 11.8 Å². The van der Waals surface area contributed by atoms with Gasteiger partial charge in [0.2, 0.25) is 0 Å². The van der Waals surface area contributed by atoms with Crippen molar-refractivity contribution >= 4 is 11.8 Å². The van der Waals surface area contributed by atoms with E-state index in [9.17, 15) is 0 Å². The average molecular weight is 241 g/mol. The van der Waals surface area contributed by atoms with Crippen molar-refractivity contribution in [2.45, 2.75) is 33.2 Å². The Kier molecular flexibility index (Phi) is 5.91. The highest BCUT2D eigenvalue weighted by Crippen LogP contribution is 2.15. The quantitative estimate of drug-likeness (QED) is 0.744. The van der Waals surface area contributed by atoms with Crippen molar-refractivity contribution in [2.24, 2.45) is 7.05 Å². The van der Waals surface area contributed by atoms with Crippen molar-refractivity contribution in [1.82, 2.24) is 15.1 Å². The van der Waals surface area contributed by atoms with Gasteiger partial charge in [-0.05, 0) is 38.3 Å². The lowest BCUT2D eigenvalue weighted by Crippen LogP contribution is -2.20. The zero-order valence-electron chi connectivity index (χ0n) is 10.8. The van der Waals surface area contributed by atoms with E-state index >= 15 is 0 Å². The van der Waals surface area contributed by atoms with Crippen LogP contribution in [0.25, 0.3) is 0 Å². The van der Waals surface area contributed by atoms with Crippen LogP contribution in [0.15, 0.2) is 6.20 Å². The molecule has 4 heteroatoms. The van der Waals surface area contributed by atoms with E-state index in [1.807, 2.05) is 23.5 Å². The first kappa shape index (κ1) is 13.6. The molecule has 0 fully saturated rings. The molecule has 0 spiro atoms. The number of nitrogens with one attached hydrogen (secondary N) is 1. The molecule has 0 bridgehead atoms. The lowest BCUT2D eigenvalue weighted by molar-refractivity contribution is 0.570. The fourth-order valence-corrected chi connectivity index (χ4v) is 2.43. The Balaban J connectivity index is 2.29. The number of hydrogen-bond donors (Lipinski definition) is 1. The minimum absolute atomic E-state index is 0.403. The topological polar surface area (TPSA) is 29.9 Å². The minimum atomic E-state index is 0.403. The summed E-state index contributed by atoms with van der Waals surface area (Å²) in [5.41, 5.74) is 2.44. The second kappa shape index (κ2) is 6.97. The smallest absolute Gasteiger partial charge is 0.0641 e. The first-order valence-corrected chi connectivity index (χ1v) is 7.12. The van der Waals surface area contributed by atoms with Crippen LogP contribution < -0.4 is 5.32 Å². The van der Waals surface area contributed by atoms with Crippen LogP contribution in [0.2, 0.25) is 0 Å². The van der Waals surface area contributed by atoms with Crippen LogP contribution in [0.3, 0.4) is 0 Å². The summed E-state index contributed by atoms with van der Waals surface area (Å²) in [6.45, 7) is 7.57. The molecule has 1 unspecified atom stereocenters. The van der Waals surface area contributed by atoms with Gasteiger partial charge in [-0.1, -0.05) is 6.92 Å². The van der Waals surface area contributed by atoms with Gasteiger partial charge in [0.1, 0.15) is 0 Å². The van der Waals surface area contributed by atoms with Gasteiger partial charge in [-0.3, -0.25) is 4.68 Å². The monoisotopic (exact) mass is 241 g/mol. The van der Waals surface area contributed by atoms with Crippen molar-refractivity contribution in [1.29, 1.82) is 0 Å². The number of nitrogens with zero attached hydrogens (tertiary/aromatic N) is 2. The third kappa shape index (κ3) is 4.18. The molecule has 1 aromatic rings. The van der Waals surface area contributed by atoms with Crippen molar-refractivity contribution in [3.63, 3.8) is 0 Å².